The molecule has 0 saturated carbocycles. The van der Waals surface area contributed by atoms with Crippen molar-refractivity contribution >= 4 is 17.9 Å². The summed E-state index contributed by atoms with van der Waals surface area (Å²) in [6.45, 7) is 4.81. The van der Waals surface area contributed by atoms with Gasteiger partial charge in [0.25, 0.3) is 0 Å². The smallest absolute Gasteiger partial charge is 0.247 e. The number of pyridine rings is 1. The highest BCUT2D eigenvalue weighted by molar-refractivity contribution is 5.94. The van der Waals surface area contributed by atoms with Crippen molar-refractivity contribution in [3.05, 3.63) is 36.2 Å². The van der Waals surface area contributed by atoms with E-state index in [0.29, 0.717) is 18.8 Å². The van der Waals surface area contributed by atoms with E-state index in [1.165, 1.54) is 11.0 Å². The Labute approximate surface area is 113 Å². The lowest BCUT2D eigenvalue weighted by Gasteiger charge is -2.18. The second-order valence-electron chi connectivity index (χ2n) is 3.89. The van der Waals surface area contributed by atoms with Gasteiger partial charge in [0.1, 0.15) is 0 Å². The number of nitrogens with one attached hydrogen (secondary N) is 1. The Bertz CT molecular complexity index is 443. The van der Waals surface area contributed by atoms with Crippen LogP contribution in [0.1, 0.15) is 19.5 Å². The van der Waals surface area contributed by atoms with Crippen LogP contribution in [0.15, 0.2) is 30.5 Å². The van der Waals surface area contributed by atoms with E-state index in [0.717, 1.165) is 0 Å². The summed E-state index contributed by atoms with van der Waals surface area (Å²) in [5.74, 6) is -0.344. The van der Waals surface area contributed by atoms with Gasteiger partial charge in [-0.2, -0.15) is 0 Å². The molecule has 19 heavy (non-hydrogen) atoms. The highest BCUT2D eigenvalue weighted by atomic mass is 16.2. The summed E-state index contributed by atoms with van der Waals surface area (Å²) in [6.07, 6.45) is 4.74. The van der Waals surface area contributed by atoms with Gasteiger partial charge < -0.3 is 10.2 Å². The first kappa shape index (κ1) is 14.9. The normalized spacial score (nSPS) is 10.4. The average Bonchev–Trinajstić information content (AvgIpc) is 2.43. The Morgan fingerprint density at radius 3 is 2.74 bits per heavy atom. The molecule has 1 aromatic rings. The van der Waals surface area contributed by atoms with Crippen molar-refractivity contribution in [1.82, 2.24) is 15.2 Å². The van der Waals surface area contributed by atoms with Gasteiger partial charge in [-0.3, -0.25) is 14.6 Å². The number of carbonyl (C=O) groups is 2. The molecule has 0 atom stereocenters. The Morgan fingerprint density at radius 2 is 2.16 bits per heavy atom. The number of rotatable bonds is 6. The SMILES string of the molecule is CCNC(=O)CN(CC)C(=O)C=Cc1ccccn1. The molecule has 0 aliphatic heterocycles. The van der Waals surface area contributed by atoms with Crippen LogP contribution in [-0.4, -0.2) is 41.3 Å². The highest BCUT2D eigenvalue weighted by Gasteiger charge is 2.12. The molecule has 1 heterocycles. The van der Waals surface area contributed by atoms with Crippen LogP contribution in [-0.2, 0) is 9.59 Å². The predicted octanol–water partition coefficient (Wildman–Crippen LogP) is 1.08. The number of aromatic nitrogens is 1. The van der Waals surface area contributed by atoms with Crippen molar-refractivity contribution in [2.24, 2.45) is 0 Å². The van der Waals surface area contributed by atoms with E-state index in [9.17, 15) is 9.59 Å². The molecular formula is C14H19N3O2. The number of nitrogens with zero attached hydrogens (tertiary/aromatic N) is 2. The molecule has 1 N–H and O–H groups in total. The summed E-state index contributed by atoms with van der Waals surface area (Å²) >= 11 is 0. The Kier molecular flexibility index (Phi) is 6.29. The molecule has 102 valence electrons. The van der Waals surface area contributed by atoms with E-state index in [2.05, 4.69) is 10.3 Å². The van der Waals surface area contributed by atoms with Gasteiger partial charge >= 0.3 is 0 Å². The molecular weight excluding hydrogens is 242 g/mol. The molecule has 0 fully saturated rings. The van der Waals surface area contributed by atoms with Crippen molar-refractivity contribution in [3.63, 3.8) is 0 Å². The van der Waals surface area contributed by atoms with E-state index in [-0.39, 0.29) is 18.4 Å². The summed E-state index contributed by atoms with van der Waals surface area (Å²) in [7, 11) is 0. The molecule has 0 bridgehead atoms. The molecule has 1 aromatic heterocycles. The molecule has 0 radical (unpaired) electrons. The number of hydrogen-bond acceptors (Lipinski definition) is 3. The third-order valence-electron chi connectivity index (χ3n) is 2.49. The van der Waals surface area contributed by atoms with Crippen molar-refractivity contribution < 1.29 is 9.59 Å². The summed E-state index contributed by atoms with van der Waals surface area (Å²) in [4.78, 5) is 28.9. The molecule has 0 aliphatic rings. The van der Waals surface area contributed by atoms with Gasteiger partial charge in [-0.05, 0) is 32.1 Å². The van der Waals surface area contributed by atoms with Crippen molar-refractivity contribution in [2.45, 2.75) is 13.8 Å². The molecule has 0 unspecified atom stereocenters. The second-order valence-corrected chi connectivity index (χ2v) is 3.89. The molecule has 5 nitrogen and oxygen atoms in total. The lowest BCUT2D eigenvalue weighted by molar-refractivity contribution is -0.132. The zero-order chi connectivity index (χ0) is 14.1. The van der Waals surface area contributed by atoms with Crippen LogP contribution >= 0.6 is 0 Å². The molecule has 0 aliphatic carbocycles. The summed E-state index contributed by atoms with van der Waals surface area (Å²) in [5.41, 5.74) is 0.713. The fraction of sp³-hybridized carbons (Fsp3) is 0.357. The molecule has 5 heteroatoms. The van der Waals surface area contributed by atoms with Crippen LogP contribution in [0, 0.1) is 0 Å². The molecule has 0 spiro atoms. The zero-order valence-corrected chi connectivity index (χ0v) is 11.3. The van der Waals surface area contributed by atoms with Gasteiger partial charge in [-0.15, -0.1) is 0 Å². The first-order valence-electron chi connectivity index (χ1n) is 6.32. The topological polar surface area (TPSA) is 62.3 Å². The molecule has 2 amide bonds. The van der Waals surface area contributed by atoms with E-state index in [4.69, 9.17) is 0 Å². The number of carbonyl (C=O) groups excluding carboxylic acids is 2. The number of amides is 2. The Hall–Kier alpha value is -2.17. The van der Waals surface area contributed by atoms with Crippen LogP contribution in [0.4, 0.5) is 0 Å². The van der Waals surface area contributed by atoms with Gasteiger partial charge in [0, 0.05) is 25.4 Å². The van der Waals surface area contributed by atoms with Gasteiger partial charge in [-0.1, -0.05) is 6.07 Å². The zero-order valence-electron chi connectivity index (χ0n) is 11.3. The maximum absolute atomic E-state index is 11.9. The van der Waals surface area contributed by atoms with E-state index >= 15 is 0 Å². The van der Waals surface area contributed by atoms with Gasteiger partial charge in [0.15, 0.2) is 0 Å². The van der Waals surface area contributed by atoms with Crippen LogP contribution < -0.4 is 5.32 Å². The lowest BCUT2D eigenvalue weighted by Crippen LogP contribution is -2.39. The summed E-state index contributed by atoms with van der Waals surface area (Å²) in [5, 5.41) is 2.67. The molecule has 0 saturated heterocycles. The standard InChI is InChI=1S/C14H19N3O2/c1-3-15-13(18)11-17(4-2)14(19)9-8-12-7-5-6-10-16-12/h5-10H,3-4,11H2,1-2H3,(H,15,18). The van der Waals surface area contributed by atoms with Crippen molar-refractivity contribution in [1.29, 1.82) is 0 Å². The lowest BCUT2D eigenvalue weighted by atomic mass is 10.3. The van der Waals surface area contributed by atoms with Crippen molar-refractivity contribution in [3.8, 4) is 0 Å². The monoisotopic (exact) mass is 261 g/mol. The van der Waals surface area contributed by atoms with Crippen LogP contribution in [0.3, 0.4) is 0 Å². The van der Waals surface area contributed by atoms with Crippen LogP contribution in [0.25, 0.3) is 6.08 Å². The van der Waals surface area contributed by atoms with E-state index in [1.807, 2.05) is 32.0 Å². The minimum atomic E-state index is -0.195. The number of likely N-dealkylation sites (N-methyl/N-ethyl adjacent to an activating group) is 2. The Balaban J connectivity index is 2.59. The second kappa shape index (κ2) is 8.02. The summed E-state index contributed by atoms with van der Waals surface area (Å²) in [6, 6.07) is 5.47. The predicted molar refractivity (Wildman–Crippen MR) is 74.2 cm³/mol. The van der Waals surface area contributed by atoms with Crippen LogP contribution in [0.5, 0.6) is 0 Å². The highest BCUT2D eigenvalue weighted by Crippen LogP contribution is 1.98. The minimum Gasteiger partial charge on any atom is -0.355 e. The maximum Gasteiger partial charge on any atom is 0.247 e. The van der Waals surface area contributed by atoms with Gasteiger partial charge in [-0.25, -0.2) is 0 Å². The van der Waals surface area contributed by atoms with E-state index < -0.39 is 0 Å². The first-order chi connectivity index (χ1) is 9.17. The fourth-order valence-electron chi connectivity index (χ4n) is 1.51. The minimum absolute atomic E-state index is 0.0791. The summed E-state index contributed by atoms with van der Waals surface area (Å²) < 4.78 is 0. The number of hydrogen-bond donors (Lipinski definition) is 1. The fourth-order valence-corrected chi connectivity index (χ4v) is 1.51. The van der Waals surface area contributed by atoms with Crippen LogP contribution in [0.2, 0.25) is 0 Å². The molecule has 0 aromatic carbocycles. The average molecular weight is 261 g/mol. The molecule has 1 rings (SSSR count). The van der Waals surface area contributed by atoms with Gasteiger partial charge in [0.05, 0.1) is 12.2 Å². The maximum atomic E-state index is 11.9. The first-order valence-corrected chi connectivity index (χ1v) is 6.32. The third kappa shape index (κ3) is 5.33. The van der Waals surface area contributed by atoms with Crippen molar-refractivity contribution in [2.75, 3.05) is 19.6 Å². The Morgan fingerprint density at radius 1 is 1.37 bits per heavy atom. The third-order valence-corrected chi connectivity index (χ3v) is 2.49. The quantitative estimate of drug-likeness (QED) is 0.779. The van der Waals surface area contributed by atoms with E-state index in [1.54, 1.807) is 12.3 Å². The largest absolute Gasteiger partial charge is 0.355 e. The van der Waals surface area contributed by atoms with Gasteiger partial charge in [0.2, 0.25) is 11.8 Å².